The van der Waals surface area contributed by atoms with Crippen LogP contribution in [0.3, 0.4) is 0 Å². The maximum absolute atomic E-state index is 12.8. The van der Waals surface area contributed by atoms with E-state index in [1.54, 1.807) is 0 Å². The monoisotopic (exact) mass is 398 g/mol. The molecule has 4 rings (SSSR count). The van der Waals surface area contributed by atoms with Crippen LogP contribution in [0.1, 0.15) is 50.2 Å². The van der Waals surface area contributed by atoms with Gasteiger partial charge in [-0.3, -0.25) is 9.59 Å². The summed E-state index contributed by atoms with van der Waals surface area (Å²) >= 11 is 0. The number of likely N-dealkylation sites (tertiary alicyclic amines) is 1. The minimum atomic E-state index is -0.0845. The van der Waals surface area contributed by atoms with Crippen molar-refractivity contribution in [1.82, 2.24) is 10.2 Å². The van der Waals surface area contributed by atoms with Gasteiger partial charge in [-0.05, 0) is 54.2 Å². The van der Waals surface area contributed by atoms with Crippen molar-refractivity contribution in [1.29, 1.82) is 0 Å². The molecule has 0 bridgehead atoms. The first-order chi connectivity index (χ1) is 14.7. The number of nitrogens with zero attached hydrogens (tertiary/aromatic N) is 1. The van der Waals surface area contributed by atoms with Crippen LogP contribution in [0.15, 0.2) is 78.9 Å². The van der Waals surface area contributed by atoms with Gasteiger partial charge in [0.15, 0.2) is 0 Å². The zero-order chi connectivity index (χ0) is 20.8. The maximum atomic E-state index is 12.8. The van der Waals surface area contributed by atoms with E-state index < -0.39 is 0 Å². The summed E-state index contributed by atoms with van der Waals surface area (Å²) in [6, 6.07) is 25.4. The standard InChI is InChI=1S/C26H26N2O2/c29-25(24-11-5-4-10-23(24)18-20-8-2-1-3-9-20)27-19-21-12-14-22(15-13-21)26(30)28-16-6-7-17-28/h1-5,8-15H,6-7,16-19H2,(H,27,29). The van der Waals surface area contributed by atoms with Crippen LogP contribution in [-0.4, -0.2) is 29.8 Å². The lowest BCUT2D eigenvalue weighted by Gasteiger charge is -2.15. The van der Waals surface area contributed by atoms with Crippen molar-refractivity contribution in [3.63, 3.8) is 0 Å². The summed E-state index contributed by atoms with van der Waals surface area (Å²) in [5, 5.41) is 3.01. The van der Waals surface area contributed by atoms with E-state index in [-0.39, 0.29) is 11.8 Å². The number of carbonyl (C=O) groups excluding carboxylic acids is 2. The molecule has 0 saturated carbocycles. The summed E-state index contributed by atoms with van der Waals surface area (Å²) in [5.74, 6) is 0.0108. The third kappa shape index (κ3) is 4.77. The van der Waals surface area contributed by atoms with Gasteiger partial charge in [0.25, 0.3) is 11.8 Å². The number of benzene rings is 3. The second-order valence-electron chi connectivity index (χ2n) is 7.70. The predicted molar refractivity (Wildman–Crippen MR) is 118 cm³/mol. The summed E-state index contributed by atoms with van der Waals surface area (Å²) in [6.45, 7) is 2.12. The van der Waals surface area contributed by atoms with Gasteiger partial charge in [0, 0.05) is 30.8 Å². The van der Waals surface area contributed by atoms with Gasteiger partial charge in [-0.15, -0.1) is 0 Å². The Morgan fingerprint density at radius 2 is 1.43 bits per heavy atom. The number of nitrogens with one attached hydrogen (secondary N) is 1. The molecule has 3 aromatic carbocycles. The lowest BCUT2D eigenvalue weighted by molar-refractivity contribution is 0.0792. The molecule has 1 heterocycles. The fourth-order valence-corrected chi connectivity index (χ4v) is 3.86. The first-order valence-electron chi connectivity index (χ1n) is 10.5. The Kier molecular flexibility index (Phi) is 6.23. The van der Waals surface area contributed by atoms with E-state index in [2.05, 4.69) is 17.4 Å². The lowest BCUT2D eigenvalue weighted by Crippen LogP contribution is -2.27. The molecule has 0 atom stereocenters. The van der Waals surface area contributed by atoms with Crippen molar-refractivity contribution >= 4 is 11.8 Å². The van der Waals surface area contributed by atoms with Crippen molar-refractivity contribution in [3.05, 3.63) is 107 Å². The molecule has 1 fully saturated rings. The number of amides is 2. The topological polar surface area (TPSA) is 49.4 Å². The molecule has 1 aliphatic rings. The Morgan fingerprint density at radius 1 is 0.767 bits per heavy atom. The molecule has 1 saturated heterocycles. The third-order valence-corrected chi connectivity index (χ3v) is 5.55. The average molecular weight is 399 g/mol. The van der Waals surface area contributed by atoms with E-state index in [9.17, 15) is 9.59 Å². The van der Waals surface area contributed by atoms with E-state index in [0.29, 0.717) is 17.7 Å². The van der Waals surface area contributed by atoms with Crippen LogP contribution in [-0.2, 0) is 13.0 Å². The minimum Gasteiger partial charge on any atom is -0.348 e. The van der Waals surface area contributed by atoms with Crippen LogP contribution in [0.2, 0.25) is 0 Å². The normalized spacial score (nSPS) is 13.3. The van der Waals surface area contributed by atoms with Crippen LogP contribution < -0.4 is 5.32 Å². The lowest BCUT2D eigenvalue weighted by atomic mass is 9.99. The fourth-order valence-electron chi connectivity index (χ4n) is 3.86. The van der Waals surface area contributed by atoms with Gasteiger partial charge in [-0.2, -0.15) is 0 Å². The van der Waals surface area contributed by atoms with Crippen molar-refractivity contribution in [2.75, 3.05) is 13.1 Å². The average Bonchev–Trinajstić information content (AvgIpc) is 3.33. The Hall–Kier alpha value is -3.40. The summed E-state index contributed by atoms with van der Waals surface area (Å²) in [5.41, 5.74) is 4.56. The molecule has 0 radical (unpaired) electrons. The molecule has 1 aliphatic heterocycles. The second kappa shape index (κ2) is 9.40. The fraction of sp³-hybridized carbons (Fsp3) is 0.231. The maximum Gasteiger partial charge on any atom is 0.253 e. The highest BCUT2D eigenvalue weighted by atomic mass is 16.2. The van der Waals surface area contributed by atoms with E-state index in [0.717, 1.165) is 43.5 Å². The molecule has 0 unspecified atom stereocenters. The van der Waals surface area contributed by atoms with Gasteiger partial charge in [0.1, 0.15) is 0 Å². The highest BCUT2D eigenvalue weighted by Crippen LogP contribution is 2.16. The van der Waals surface area contributed by atoms with Crippen molar-refractivity contribution in [3.8, 4) is 0 Å². The minimum absolute atomic E-state index is 0.0845. The Labute approximate surface area is 177 Å². The molecular formula is C26H26N2O2. The first kappa shape index (κ1) is 19.9. The molecule has 0 aliphatic carbocycles. The van der Waals surface area contributed by atoms with Gasteiger partial charge in [0.05, 0.1) is 0 Å². The molecule has 3 aromatic rings. The van der Waals surface area contributed by atoms with Gasteiger partial charge >= 0.3 is 0 Å². The van der Waals surface area contributed by atoms with Crippen LogP contribution in [0.4, 0.5) is 0 Å². The molecule has 2 amide bonds. The number of rotatable bonds is 6. The van der Waals surface area contributed by atoms with Gasteiger partial charge < -0.3 is 10.2 Å². The highest BCUT2D eigenvalue weighted by Gasteiger charge is 2.19. The van der Waals surface area contributed by atoms with Crippen molar-refractivity contribution in [2.45, 2.75) is 25.8 Å². The molecule has 0 aromatic heterocycles. The Morgan fingerprint density at radius 3 is 2.17 bits per heavy atom. The molecule has 4 nitrogen and oxygen atoms in total. The SMILES string of the molecule is O=C(NCc1ccc(C(=O)N2CCCC2)cc1)c1ccccc1Cc1ccccc1. The predicted octanol–water partition coefficient (Wildman–Crippen LogP) is 4.44. The van der Waals surface area contributed by atoms with Crippen LogP contribution in [0.25, 0.3) is 0 Å². The quantitative estimate of drug-likeness (QED) is 0.667. The number of hydrogen-bond donors (Lipinski definition) is 1. The smallest absolute Gasteiger partial charge is 0.253 e. The van der Waals surface area contributed by atoms with Crippen LogP contribution >= 0.6 is 0 Å². The number of hydrogen-bond acceptors (Lipinski definition) is 2. The molecular weight excluding hydrogens is 372 g/mol. The molecule has 1 N–H and O–H groups in total. The second-order valence-corrected chi connectivity index (χ2v) is 7.70. The largest absolute Gasteiger partial charge is 0.348 e. The summed E-state index contributed by atoms with van der Waals surface area (Å²) in [7, 11) is 0. The summed E-state index contributed by atoms with van der Waals surface area (Å²) < 4.78 is 0. The van der Waals surface area contributed by atoms with Crippen molar-refractivity contribution < 1.29 is 9.59 Å². The molecule has 4 heteroatoms. The van der Waals surface area contributed by atoms with Gasteiger partial charge in [0.2, 0.25) is 0 Å². The Balaban J connectivity index is 1.38. The van der Waals surface area contributed by atoms with Crippen molar-refractivity contribution in [2.24, 2.45) is 0 Å². The molecule has 30 heavy (non-hydrogen) atoms. The zero-order valence-electron chi connectivity index (χ0n) is 17.0. The zero-order valence-corrected chi connectivity index (χ0v) is 17.0. The highest BCUT2D eigenvalue weighted by molar-refractivity contribution is 5.96. The van der Waals surface area contributed by atoms with Crippen LogP contribution in [0, 0.1) is 0 Å². The van der Waals surface area contributed by atoms with E-state index in [4.69, 9.17) is 0 Å². The first-order valence-corrected chi connectivity index (χ1v) is 10.5. The molecule has 152 valence electrons. The summed E-state index contributed by atoms with van der Waals surface area (Å²) in [4.78, 5) is 27.2. The third-order valence-electron chi connectivity index (χ3n) is 5.55. The number of carbonyl (C=O) groups is 2. The summed E-state index contributed by atoms with van der Waals surface area (Å²) in [6.07, 6.45) is 2.89. The molecule has 0 spiro atoms. The van der Waals surface area contributed by atoms with Gasteiger partial charge in [-0.1, -0.05) is 60.7 Å². The van der Waals surface area contributed by atoms with E-state index in [1.807, 2.05) is 71.6 Å². The van der Waals surface area contributed by atoms with Crippen LogP contribution in [0.5, 0.6) is 0 Å². The van der Waals surface area contributed by atoms with E-state index >= 15 is 0 Å². The Bertz CT molecular complexity index is 1010. The van der Waals surface area contributed by atoms with Gasteiger partial charge in [-0.25, -0.2) is 0 Å². The van der Waals surface area contributed by atoms with E-state index in [1.165, 1.54) is 5.56 Å².